The van der Waals surface area contributed by atoms with E-state index in [4.69, 9.17) is 4.74 Å². The normalized spacial score (nSPS) is 11.8. The molecule has 148 valence electrons. The van der Waals surface area contributed by atoms with Gasteiger partial charge in [-0.1, -0.05) is 62.0 Å². The van der Waals surface area contributed by atoms with Gasteiger partial charge >= 0.3 is 5.97 Å². The summed E-state index contributed by atoms with van der Waals surface area (Å²) < 4.78 is 7.19. The Balaban J connectivity index is 2.01. The van der Waals surface area contributed by atoms with Crippen LogP contribution < -0.4 is 4.74 Å². The number of carbonyl (C=O) groups excluding carboxylic acids is 1. The minimum absolute atomic E-state index is 0.469. The van der Waals surface area contributed by atoms with Crippen LogP contribution in [0.4, 0.5) is 0 Å². The van der Waals surface area contributed by atoms with E-state index in [9.17, 15) is 4.79 Å². The highest BCUT2D eigenvalue weighted by Crippen LogP contribution is 2.38. The van der Waals surface area contributed by atoms with Crippen LogP contribution in [0.25, 0.3) is 16.8 Å². The largest absolute Gasteiger partial charge is 0.423 e. The minimum Gasteiger partial charge on any atom is -0.423 e. The molecule has 0 aliphatic carbocycles. The molecule has 0 bridgehead atoms. The van der Waals surface area contributed by atoms with E-state index in [0.717, 1.165) is 40.3 Å². The van der Waals surface area contributed by atoms with E-state index in [-0.39, 0.29) is 0 Å². The molecule has 6 heteroatoms. The molecule has 0 spiro atoms. The van der Waals surface area contributed by atoms with Crippen molar-refractivity contribution in [2.45, 2.75) is 13.3 Å². The van der Waals surface area contributed by atoms with Crippen molar-refractivity contribution in [3.63, 3.8) is 0 Å². The molecule has 4 aromatic rings. The van der Waals surface area contributed by atoms with Crippen molar-refractivity contribution in [3.05, 3.63) is 102 Å². The van der Waals surface area contributed by atoms with Gasteiger partial charge in [0, 0.05) is 23.4 Å². The van der Waals surface area contributed by atoms with E-state index in [1.54, 1.807) is 10.6 Å². The van der Waals surface area contributed by atoms with E-state index < -0.39 is 5.97 Å². The Morgan fingerprint density at radius 3 is 2.57 bits per heavy atom. The predicted molar refractivity (Wildman–Crippen MR) is 116 cm³/mol. The van der Waals surface area contributed by atoms with Gasteiger partial charge < -0.3 is 4.74 Å². The van der Waals surface area contributed by atoms with E-state index in [0.29, 0.717) is 11.4 Å². The summed E-state index contributed by atoms with van der Waals surface area (Å²) in [7, 11) is 0. The van der Waals surface area contributed by atoms with E-state index >= 15 is 0 Å². The lowest BCUT2D eigenvalue weighted by Gasteiger charge is -2.18. The highest BCUT2D eigenvalue weighted by molar-refractivity contribution is 6.00. The number of hydrogen-bond donors (Lipinski definition) is 0. The molecule has 2 aromatic carbocycles. The molecule has 0 fully saturated rings. The fourth-order valence-electron chi connectivity index (χ4n) is 3.46. The molecule has 0 unspecified atom stereocenters. The van der Waals surface area contributed by atoms with Gasteiger partial charge in [-0.25, -0.2) is 9.31 Å². The third kappa shape index (κ3) is 3.75. The van der Waals surface area contributed by atoms with Crippen molar-refractivity contribution in [1.82, 2.24) is 20.0 Å². The van der Waals surface area contributed by atoms with Gasteiger partial charge in [-0.05, 0) is 51.8 Å². The number of aromatic nitrogens is 4. The van der Waals surface area contributed by atoms with Crippen molar-refractivity contribution in [3.8, 4) is 5.75 Å². The number of carbonyl (C=O) groups is 1. The molecule has 2 heterocycles. The first kappa shape index (κ1) is 19.3. The first-order chi connectivity index (χ1) is 14.7. The number of nitrogens with zero attached hydrogens (tertiary/aromatic N) is 4. The van der Waals surface area contributed by atoms with Crippen LogP contribution in [0.2, 0.25) is 0 Å². The zero-order valence-corrected chi connectivity index (χ0v) is 16.5. The van der Waals surface area contributed by atoms with Crippen LogP contribution in [0.3, 0.4) is 0 Å². The van der Waals surface area contributed by atoms with Gasteiger partial charge in [0.05, 0.1) is 0 Å². The van der Waals surface area contributed by atoms with Crippen molar-refractivity contribution in [2.75, 3.05) is 0 Å². The number of allylic oxidation sites excluding steroid dienone is 1. The zero-order chi connectivity index (χ0) is 20.9. The van der Waals surface area contributed by atoms with Gasteiger partial charge in [0.1, 0.15) is 5.75 Å². The second kappa shape index (κ2) is 8.53. The lowest BCUT2D eigenvalue weighted by atomic mass is 9.88. The van der Waals surface area contributed by atoms with Crippen molar-refractivity contribution >= 4 is 22.8 Å². The van der Waals surface area contributed by atoms with Gasteiger partial charge in [-0.3, -0.25) is 0 Å². The molecule has 0 aliphatic heterocycles. The molecule has 0 N–H and O–H groups in total. The van der Waals surface area contributed by atoms with E-state index in [1.807, 2.05) is 54.7 Å². The van der Waals surface area contributed by atoms with E-state index in [1.165, 1.54) is 0 Å². The third-order valence-electron chi connectivity index (χ3n) is 4.79. The third-order valence-corrected chi connectivity index (χ3v) is 4.79. The summed E-state index contributed by atoms with van der Waals surface area (Å²) in [6, 6.07) is 21.5. The lowest BCUT2D eigenvalue weighted by Crippen LogP contribution is -2.06. The maximum atomic E-state index is 12.0. The molecule has 2 aromatic heterocycles. The highest BCUT2D eigenvalue weighted by Gasteiger charge is 2.18. The zero-order valence-electron chi connectivity index (χ0n) is 16.5. The summed E-state index contributed by atoms with van der Waals surface area (Å²) in [5.41, 5.74) is 5.54. The van der Waals surface area contributed by atoms with Gasteiger partial charge in [0.25, 0.3) is 0 Å². The second-order valence-electron chi connectivity index (χ2n) is 6.59. The number of para-hydroxylation sites is 1. The molecule has 0 saturated carbocycles. The standard InChI is InChI=1S/C24H20N4O2/c1-3-19(17-10-6-5-7-11-17)24(18-14-15-22-25-26-27-28(22)16-18)20-12-8-9-13-21(20)30-23(29)4-2/h4-16H,2-3H2,1H3/b24-19+. The Kier molecular flexibility index (Phi) is 5.48. The molecule has 0 atom stereocenters. The number of ether oxygens (including phenoxy) is 1. The monoisotopic (exact) mass is 396 g/mol. The van der Waals surface area contributed by atoms with Gasteiger partial charge in [0.2, 0.25) is 0 Å². The van der Waals surface area contributed by atoms with Gasteiger partial charge in [0.15, 0.2) is 5.65 Å². The summed E-state index contributed by atoms with van der Waals surface area (Å²) in [6.45, 7) is 5.61. The number of tetrazole rings is 1. The van der Waals surface area contributed by atoms with Gasteiger partial charge in [-0.15, -0.1) is 5.10 Å². The number of esters is 1. The Morgan fingerprint density at radius 1 is 1.03 bits per heavy atom. The highest BCUT2D eigenvalue weighted by atomic mass is 16.5. The number of fused-ring (bicyclic) bond motifs is 1. The average molecular weight is 396 g/mol. The molecule has 6 nitrogen and oxygen atoms in total. The van der Waals surface area contributed by atoms with E-state index in [2.05, 4.69) is 41.2 Å². The van der Waals surface area contributed by atoms with Crippen LogP contribution in [0, 0.1) is 0 Å². The lowest BCUT2D eigenvalue weighted by molar-refractivity contribution is -0.128. The summed E-state index contributed by atoms with van der Waals surface area (Å²) in [5, 5.41) is 11.8. The maximum Gasteiger partial charge on any atom is 0.335 e. The molecular weight excluding hydrogens is 376 g/mol. The molecular formula is C24H20N4O2. The molecule has 0 amide bonds. The molecule has 0 aliphatic rings. The fourth-order valence-corrected chi connectivity index (χ4v) is 3.46. The van der Waals surface area contributed by atoms with Crippen molar-refractivity contribution in [2.24, 2.45) is 0 Å². The average Bonchev–Trinajstić information content (AvgIpc) is 3.26. The van der Waals surface area contributed by atoms with Crippen LogP contribution in [0.5, 0.6) is 5.75 Å². The molecule has 0 radical (unpaired) electrons. The van der Waals surface area contributed by atoms with Crippen LogP contribution >= 0.6 is 0 Å². The quantitative estimate of drug-likeness (QED) is 0.206. The topological polar surface area (TPSA) is 69.4 Å². The van der Waals surface area contributed by atoms with Crippen molar-refractivity contribution < 1.29 is 9.53 Å². The van der Waals surface area contributed by atoms with Crippen LogP contribution in [-0.2, 0) is 4.79 Å². The Morgan fingerprint density at radius 2 is 1.80 bits per heavy atom. The van der Waals surface area contributed by atoms with Crippen LogP contribution in [0.15, 0.2) is 85.6 Å². The predicted octanol–water partition coefficient (Wildman–Crippen LogP) is 4.58. The second-order valence-corrected chi connectivity index (χ2v) is 6.59. The first-order valence-corrected chi connectivity index (χ1v) is 9.61. The number of hydrogen-bond acceptors (Lipinski definition) is 5. The van der Waals surface area contributed by atoms with Gasteiger partial charge in [-0.2, -0.15) is 0 Å². The SMILES string of the molecule is C=CC(=O)Oc1ccccc1/C(=C(\CC)c1ccccc1)c1ccc2nnnn2c1. The summed E-state index contributed by atoms with van der Waals surface area (Å²) in [5.74, 6) is -0.0356. The first-order valence-electron chi connectivity index (χ1n) is 9.61. The smallest absolute Gasteiger partial charge is 0.335 e. The Labute approximate surface area is 174 Å². The maximum absolute atomic E-state index is 12.0. The number of pyridine rings is 1. The number of benzene rings is 2. The molecule has 30 heavy (non-hydrogen) atoms. The molecule has 0 saturated heterocycles. The van der Waals surface area contributed by atoms with Crippen LogP contribution in [-0.4, -0.2) is 26.0 Å². The summed E-state index contributed by atoms with van der Waals surface area (Å²) in [4.78, 5) is 12.0. The van der Waals surface area contributed by atoms with Crippen molar-refractivity contribution in [1.29, 1.82) is 0 Å². The summed E-state index contributed by atoms with van der Waals surface area (Å²) >= 11 is 0. The molecule has 4 rings (SSSR count). The summed E-state index contributed by atoms with van der Waals surface area (Å²) in [6.07, 6.45) is 3.82. The Hall–Kier alpha value is -4.06. The fraction of sp³-hybridized carbons (Fsp3) is 0.0833. The minimum atomic E-state index is -0.504. The van der Waals surface area contributed by atoms with Crippen LogP contribution in [0.1, 0.15) is 30.0 Å². The Bertz CT molecular complexity index is 1240. The number of rotatable bonds is 6.